The maximum Gasteiger partial charge on any atom is 0.250 e. The van der Waals surface area contributed by atoms with Gasteiger partial charge in [-0.25, -0.2) is 0 Å². The first-order chi connectivity index (χ1) is 11.9. The quantitative estimate of drug-likeness (QED) is 0.715. The highest BCUT2D eigenvalue weighted by molar-refractivity contribution is 5.84. The molecule has 0 radical (unpaired) electrons. The molecule has 1 atom stereocenters. The van der Waals surface area contributed by atoms with Gasteiger partial charge >= 0.3 is 0 Å². The van der Waals surface area contributed by atoms with E-state index in [1.54, 1.807) is 0 Å². The van der Waals surface area contributed by atoms with Gasteiger partial charge in [-0.15, -0.1) is 0 Å². The lowest BCUT2D eigenvalue weighted by Crippen LogP contribution is -2.37. The summed E-state index contributed by atoms with van der Waals surface area (Å²) in [6.07, 6.45) is 0. The Kier molecular flexibility index (Phi) is 4.58. The molecule has 0 heterocycles. The van der Waals surface area contributed by atoms with Crippen LogP contribution in [0.5, 0.6) is 0 Å². The fourth-order valence-electron chi connectivity index (χ4n) is 3.20. The van der Waals surface area contributed by atoms with E-state index in [4.69, 9.17) is 0 Å². The van der Waals surface area contributed by atoms with Crippen molar-refractivity contribution >= 4 is 5.69 Å². The van der Waals surface area contributed by atoms with Crippen LogP contribution in [0.15, 0.2) is 52.1 Å². The average molecular weight is 333 g/mol. The lowest BCUT2D eigenvalue weighted by atomic mass is 9.91. The third-order valence-electron chi connectivity index (χ3n) is 4.97. The highest BCUT2D eigenvalue weighted by atomic mass is 16.2. The minimum atomic E-state index is -0.409. The SMILES string of the molecule is Cc1cc(C)c(-c2c(NC[C@@H](C)c3ccccc3)c(=O)c2=O)cc1C. The van der Waals surface area contributed by atoms with E-state index in [0.717, 1.165) is 16.7 Å². The van der Waals surface area contributed by atoms with Gasteiger partial charge < -0.3 is 5.32 Å². The molecule has 0 fully saturated rings. The molecule has 3 nitrogen and oxygen atoms in total. The zero-order valence-electron chi connectivity index (χ0n) is 15.1. The second-order valence-corrected chi connectivity index (χ2v) is 6.85. The van der Waals surface area contributed by atoms with Crippen molar-refractivity contribution in [2.75, 3.05) is 11.9 Å². The summed E-state index contributed by atoms with van der Waals surface area (Å²) < 4.78 is 0. The summed E-state index contributed by atoms with van der Waals surface area (Å²) in [6.45, 7) is 8.78. The Morgan fingerprint density at radius 3 is 2.20 bits per heavy atom. The molecule has 128 valence electrons. The summed E-state index contributed by atoms with van der Waals surface area (Å²) in [6, 6.07) is 14.2. The van der Waals surface area contributed by atoms with Crippen LogP contribution in [-0.2, 0) is 0 Å². The Morgan fingerprint density at radius 2 is 1.52 bits per heavy atom. The second kappa shape index (κ2) is 6.67. The summed E-state index contributed by atoms with van der Waals surface area (Å²) in [7, 11) is 0. The van der Waals surface area contributed by atoms with E-state index in [1.165, 1.54) is 11.1 Å². The largest absolute Gasteiger partial charge is 0.381 e. The van der Waals surface area contributed by atoms with Crippen molar-refractivity contribution in [3.8, 4) is 11.1 Å². The lowest BCUT2D eigenvalue weighted by Gasteiger charge is -2.19. The highest BCUT2D eigenvalue weighted by Crippen LogP contribution is 2.29. The maximum absolute atomic E-state index is 12.2. The average Bonchev–Trinajstić information content (AvgIpc) is 2.62. The fraction of sp³-hybridized carbons (Fsp3) is 0.273. The van der Waals surface area contributed by atoms with Crippen LogP contribution < -0.4 is 16.2 Å². The van der Waals surface area contributed by atoms with Gasteiger partial charge in [0.05, 0.1) is 11.3 Å². The Bertz CT molecular complexity index is 979. The molecular formula is C22H23NO2. The van der Waals surface area contributed by atoms with Gasteiger partial charge in [-0.1, -0.05) is 49.4 Å². The Balaban J connectivity index is 1.88. The van der Waals surface area contributed by atoms with Crippen molar-refractivity contribution in [2.45, 2.75) is 33.6 Å². The van der Waals surface area contributed by atoms with Crippen molar-refractivity contribution in [2.24, 2.45) is 0 Å². The zero-order valence-corrected chi connectivity index (χ0v) is 15.1. The van der Waals surface area contributed by atoms with Crippen LogP contribution in [-0.4, -0.2) is 6.54 Å². The summed E-state index contributed by atoms with van der Waals surface area (Å²) in [4.78, 5) is 24.3. The van der Waals surface area contributed by atoms with Gasteiger partial charge in [-0.2, -0.15) is 0 Å². The maximum atomic E-state index is 12.2. The number of aryl methyl sites for hydroxylation is 3. The van der Waals surface area contributed by atoms with Gasteiger partial charge in [0.2, 0.25) is 10.9 Å². The van der Waals surface area contributed by atoms with Gasteiger partial charge in [-0.3, -0.25) is 9.59 Å². The molecule has 0 aliphatic heterocycles. The van der Waals surface area contributed by atoms with Crippen LogP contribution in [0.3, 0.4) is 0 Å². The van der Waals surface area contributed by atoms with Crippen molar-refractivity contribution in [3.63, 3.8) is 0 Å². The summed E-state index contributed by atoms with van der Waals surface area (Å²) in [5.41, 5.74) is 5.60. The fourth-order valence-corrected chi connectivity index (χ4v) is 3.20. The lowest BCUT2D eigenvalue weighted by molar-refractivity contribution is 0.803. The van der Waals surface area contributed by atoms with E-state index < -0.39 is 5.43 Å². The Labute approximate surface area is 148 Å². The minimum absolute atomic E-state index is 0.249. The van der Waals surface area contributed by atoms with Crippen LogP contribution >= 0.6 is 0 Å². The number of hydrogen-bond acceptors (Lipinski definition) is 3. The van der Waals surface area contributed by atoms with E-state index in [-0.39, 0.29) is 11.3 Å². The van der Waals surface area contributed by atoms with Crippen molar-refractivity contribution in [1.82, 2.24) is 0 Å². The highest BCUT2D eigenvalue weighted by Gasteiger charge is 2.24. The number of nitrogens with one attached hydrogen (secondary N) is 1. The first-order valence-corrected chi connectivity index (χ1v) is 8.60. The van der Waals surface area contributed by atoms with Crippen LogP contribution in [0.25, 0.3) is 11.1 Å². The minimum Gasteiger partial charge on any atom is -0.381 e. The normalized spacial score (nSPS) is 12.3. The van der Waals surface area contributed by atoms with Gasteiger partial charge in [0, 0.05) is 6.54 Å². The van der Waals surface area contributed by atoms with Gasteiger partial charge in [0.1, 0.15) is 0 Å². The number of anilines is 1. The first kappa shape index (κ1) is 17.2. The van der Waals surface area contributed by atoms with E-state index in [9.17, 15) is 9.59 Å². The van der Waals surface area contributed by atoms with Gasteiger partial charge in [0.25, 0.3) is 0 Å². The second-order valence-electron chi connectivity index (χ2n) is 6.85. The van der Waals surface area contributed by atoms with Crippen molar-refractivity contribution in [1.29, 1.82) is 0 Å². The monoisotopic (exact) mass is 333 g/mol. The topological polar surface area (TPSA) is 46.2 Å². The molecule has 0 aromatic heterocycles. The molecule has 0 amide bonds. The third kappa shape index (κ3) is 3.14. The van der Waals surface area contributed by atoms with Crippen LogP contribution in [0.2, 0.25) is 0 Å². The predicted molar refractivity (Wildman–Crippen MR) is 104 cm³/mol. The van der Waals surface area contributed by atoms with E-state index in [2.05, 4.69) is 37.4 Å². The molecule has 1 N–H and O–H groups in total. The molecule has 3 rings (SSSR count). The van der Waals surface area contributed by atoms with Crippen LogP contribution in [0, 0.1) is 20.8 Å². The molecule has 3 heteroatoms. The Morgan fingerprint density at radius 1 is 0.880 bits per heavy atom. The molecule has 3 aromatic carbocycles. The summed E-state index contributed by atoms with van der Waals surface area (Å²) in [5, 5.41) is 3.22. The van der Waals surface area contributed by atoms with E-state index in [1.807, 2.05) is 38.1 Å². The standard InChI is InChI=1S/C22H23NO2/c1-13-10-15(3)18(11-14(13)2)19-20(22(25)21(19)24)23-12-16(4)17-8-6-5-7-9-17/h5-11,16,23H,12H2,1-4H3/t16-/m1/s1. The van der Waals surface area contributed by atoms with Gasteiger partial charge in [-0.05, 0) is 54.5 Å². The first-order valence-electron chi connectivity index (χ1n) is 8.60. The number of hydrogen-bond donors (Lipinski definition) is 1. The smallest absolute Gasteiger partial charge is 0.250 e. The summed E-state index contributed by atoms with van der Waals surface area (Å²) in [5.74, 6) is 0.249. The summed E-state index contributed by atoms with van der Waals surface area (Å²) >= 11 is 0. The van der Waals surface area contributed by atoms with E-state index in [0.29, 0.717) is 17.8 Å². The molecule has 0 saturated heterocycles. The van der Waals surface area contributed by atoms with Crippen molar-refractivity contribution < 1.29 is 0 Å². The molecule has 0 unspecified atom stereocenters. The van der Waals surface area contributed by atoms with Crippen LogP contribution in [0.4, 0.5) is 5.69 Å². The Hall–Kier alpha value is -2.68. The van der Waals surface area contributed by atoms with Crippen LogP contribution in [0.1, 0.15) is 35.1 Å². The van der Waals surface area contributed by atoms with E-state index >= 15 is 0 Å². The molecule has 0 bridgehead atoms. The molecule has 25 heavy (non-hydrogen) atoms. The molecule has 3 aromatic rings. The van der Waals surface area contributed by atoms with Crippen molar-refractivity contribution in [3.05, 3.63) is 85.2 Å². The molecule has 0 aliphatic carbocycles. The van der Waals surface area contributed by atoms with Gasteiger partial charge in [0.15, 0.2) is 0 Å². The number of rotatable bonds is 5. The molecule has 0 spiro atoms. The molecular weight excluding hydrogens is 310 g/mol. The molecule has 0 aliphatic rings. The predicted octanol–water partition coefficient (Wildman–Crippen LogP) is 4.09. The third-order valence-corrected chi connectivity index (χ3v) is 4.97. The zero-order chi connectivity index (χ0) is 18.1. The number of benzene rings is 2. The molecule has 0 saturated carbocycles.